The highest BCUT2D eigenvalue weighted by Gasteiger charge is 2.20. The van der Waals surface area contributed by atoms with Crippen LogP contribution in [0, 0.1) is 10.1 Å². The Morgan fingerprint density at radius 2 is 1.77 bits per heavy atom. The van der Waals surface area contributed by atoms with Gasteiger partial charge in [0.05, 0.1) is 10.7 Å². The number of benzene rings is 2. The van der Waals surface area contributed by atoms with Gasteiger partial charge in [0.25, 0.3) is 11.6 Å². The lowest BCUT2D eigenvalue weighted by Crippen LogP contribution is -2.14. The number of anilines is 2. The average Bonchev–Trinajstić information content (AvgIpc) is 3.20. The molecule has 3 aromatic rings. The van der Waals surface area contributed by atoms with Crippen LogP contribution in [-0.2, 0) is 4.79 Å². The van der Waals surface area contributed by atoms with Crippen molar-refractivity contribution in [3.63, 3.8) is 0 Å². The Morgan fingerprint density at radius 3 is 2.45 bits per heavy atom. The van der Waals surface area contributed by atoms with E-state index in [9.17, 15) is 24.5 Å². The molecule has 0 aliphatic heterocycles. The smallest absolute Gasteiger partial charge is 0.282 e. The van der Waals surface area contributed by atoms with Gasteiger partial charge in [0.2, 0.25) is 11.0 Å². The molecule has 10 nitrogen and oxygen atoms in total. The molecule has 0 bridgehead atoms. The number of carbonyl (C=O) groups is 3. The molecule has 31 heavy (non-hydrogen) atoms. The van der Waals surface area contributed by atoms with Crippen molar-refractivity contribution in [3.8, 4) is 0 Å². The van der Waals surface area contributed by atoms with Gasteiger partial charge < -0.3 is 5.32 Å². The number of nitrogens with one attached hydrogen (secondary N) is 2. The number of hydrogen-bond acceptors (Lipinski definition) is 9. The lowest BCUT2D eigenvalue weighted by atomic mass is 10.1. The van der Waals surface area contributed by atoms with E-state index in [1.165, 1.54) is 31.2 Å². The highest BCUT2D eigenvalue weighted by molar-refractivity contribution is 8.01. The Hall–Kier alpha value is -3.64. The summed E-state index contributed by atoms with van der Waals surface area (Å²) in [4.78, 5) is 46.1. The quantitative estimate of drug-likeness (QED) is 0.171. The van der Waals surface area contributed by atoms with Gasteiger partial charge in [0, 0.05) is 17.3 Å². The van der Waals surface area contributed by atoms with Gasteiger partial charge in [-0.3, -0.25) is 29.8 Å². The van der Waals surface area contributed by atoms with Gasteiger partial charge in [0.15, 0.2) is 10.1 Å². The molecule has 2 amide bonds. The molecule has 0 fully saturated rings. The summed E-state index contributed by atoms with van der Waals surface area (Å²) < 4.78 is 0.444. The predicted octanol–water partition coefficient (Wildman–Crippen LogP) is 3.63. The van der Waals surface area contributed by atoms with Gasteiger partial charge in [-0.15, -0.1) is 10.2 Å². The number of hydrogen-bond donors (Lipinski definition) is 2. The number of aromatic nitrogens is 2. The van der Waals surface area contributed by atoms with Crippen molar-refractivity contribution >= 4 is 57.2 Å². The van der Waals surface area contributed by atoms with Gasteiger partial charge in [-0.05, 0) is 37.3 Å². The number of rotatable bonds is 8. The Labute approximate surface area is 184 Å². The van der Waals surface area contributed by atoms with Crippen LogP contribution in [0.3, 0.4) is 0 Å². The van der Waals surface area contributed by atoms with Crippen molar-refractivity contribution in [3.05, 3.63) is 69.8 Å². The second kappa shape index (κ2) is 9.91. The number of nitrogens with zero attached hydrogens (tertiary/aromatic N) is 3. The topological polar surface area (TPSA) is 144 Å². The zero-order chi connectivity index (χ0) is 22.4. The number of thioether (sulfide) groups is 1. The van der Waals surface area contributed by atoms with Crippen LogP contribution < -0.4 is 10.6 Å². The molecule has 2 aromatic carbocycles. The zero-order valence-corrected chi connectivity index (χ0v) is 17.7. The van der Waals surface area contributed by atoms with Crippen molar-refractivity contribution in [1.82, 2.24) is 10.2 Å². The number of Topliss-reactive ketones (excluding diaryl/α,β-unsaturated/α-hetero) is 1. The van der Waals surface area contributed by atoms with Crippen LogP contribution in [0.4, 0.5) is 16.5 Å². The van der Waals surface area contributed by atoms with E-state index in [2.05, 4.69) is 20.8 Å². The molecular formula is C19H15N5O5S2. The van der Waals surface area contributed by atoms with E-state index in [-0.39, 0.29) is 33.8 Å². The lowest BCUT2D eigenvalue weighted by Gasteiger charge is -2.04. The molecule has 3 rings (SSSR count). The largest absolute Gasteiger partial charge is 0.325 e. The lowest BCUT2D eigenvalue weighted by molar-refractivity contribution is -0.385. The minimum atomic E-state index is -0.674. The van der Waals surface area contributed by atoms with E-state index >= 15 is 0 Å². The number of carbonyl (C=O) groups excluding carboxylic acids is 3. The summed E-state index contributed by atoms with van der Waals surface area (Å²) >= 11 is 2.17. The Morgan fingerprint density at radius 1 is 1.06 bits per heavy atom. The fraction of sp³-hybridized carbons (Fsp3) is 0.105. The maximum Gasteiger partial charge on any atom is 0.282 e. The molecule has 0 atom stereocenters. The molecule has 2 N–H and O–H groups in total. The third kappa shape index (κ3) is 5.93. The number of ketones is 1. The first kappa shape index (κ1) is 22.1. The van der Waals surface area contributed by atoms with Crippen LogP contribution in [0.2, 0.25) is 0 Å². The molecule has 0 saturated carbocycles. The van der Waals surface area contributed by atoms with Crippen molar-refractivity contribution in [2.75, 3.05) is 16.4 Å². The van der Waals surface area contributed by atoms with E-state index in [4.69, 9.17) is 0 Å². The maximum absolute atomic E-state index is 12.3. The van der Waals surface area contributed by atoms with Gasteiger partial charge >= 0.3 is 0 Å². The normalized spacial score (nSPS) is 10.4. The summed E-state index contributed by atoms with van der Waals surface area (Å²) in [7, 11) is 0. The summed E-state index contributed by atoms with van der Waals surface area (Å²) in [6.07, 6.45) is 0. The van der Waals surface area contributed by atoms with Crippen LogP contribution >= 0.6 is 23.1 Å². The second-order valence-corrected chi connectivity index (χ2v) is 8.27. The van der Waals surface area contributed by atoms with Gasteiger partial charge in [-0.25, -0.2) is 0 Å². The molecule has 12 heteroatoms. The van der Waals surface area contributed by atoms with Crippen LogP contribution in [0.5, 0.6) is 0 Å². The predicted molar refractivity (Wildman–Crippen MR) is 117 cm³/mol. The van der Waals surface area contributed by atoms with E-state index in [0.717, 1.165) is 23.1 Å². The van der Waals surface area contributed by atoms with Crippen molar-refractivity contribution in [1.29, 1.82) is 0 Å². The van der Waals surface area contributed by atoms with E-state index in [0.29, 0.717) is 15.6 Å². The third-order valence-electron chi connectivity index (χ3n) is 3.87. The molecule has 0 spiro atoms. The maximum atomic E-state index is 12.3. The highest BCUT2D eigenvalue weighted by atomic mass is 32.2. The number of para-hydroxylation sites is 1. The number of amides is 2. The van der Waals surface area contributed by atoms with Crippen LogP contribution in [0.15, 0.2) is 52.9 Å². The second-order valence-electron chi connectivity index (χ2n) is 6.07. The monoisotopic (exact) mass is 457 g/mol. The molecule has 0 aliphatic rings. The average molecular weight is 457 g/mol. The summed E-state index contributed by atoms with van der Waals surface area (Å²) in [5.74, 6) is -0.955. The number of nitro benzene ring substituents is 1. The minimum Gasteiger partial charge on any atom is -0.325 e. The third-order valence-corrected chi connectivity index (χ3v) is 5.85. The standard InChI is InChI=1S/C19H15N5O5S2/c1-11(25)12-6-8-13(9-7-12)20-16(26)10-30-19-23-22-18(31-19)21-17(27)14-4-2-3-5-15(14)24(28)29/h2-9H,10H2,1H3,(H,20,26)(H,21,22,27). The molecule has 0 aliphatic carbocycles. The van der Waals surface area contributed by atoms with Crippen LogP contribution in [0.1, 0.15) is 27.6 Å². The van der Waals surface area contributed by atoms with Crippen molar-refractivity contribution in [2.45, 2.75) is 11.3 Å². The van der Waals surface area contributed by atoms with E-state index in [1.54, 1.807) is 24.3 Å². The Bertz CT molecular complexity index is 1150. The number of nitro groups is 1. The van der Waals surface area contributed by atoms with Crippen molar-refractivity contribution in [2.24, 2.45) is 0 Å². The Kier molecular flexibility index (Phi) is 7.05. The molecule has 0 saturated heterocycles. The molecule has 0 unspecified atom stereocenters. The first-order valence-corrected chi connectivity index (χ1v) is 10.6. The van der Waals surface area contributed by atoms with Crippen LogP contribution in [0.25, 0.3) is 0 Å². The summed E-state index contributed by atoms with van der Waals surface area (Å²) in [6.45, 7) is 1.46. The first-order chi connectivity index (χ1) is 14.8. The molecule has 1 heterocycles. The highest BCUT2D eigenvalue weighted by Crippen LogP contribution is 2.27. The van der Waals surface area contributed by atoms with Gasteiger partial charge in [-0.1, -0.05) is 35.2 Å². The summed E-state index contributed by atoms with van der Waals surface area (Å²) in [5, 5.41) is 24.1. The Balaban J connectivity index is 1.54. The summed E-state index contributed by atoms with van der Waals surface area (Å²) in [6, 6.07) is 12.1. The molecule has 1 aromatic heterocycles. The van der Waals surface area contributed by atoms with Gasteiger partial charge in [0.1, 0.15) is 5.56 Å². The van der Waals surface area contributed by atoms with Crippen LogP contribution in [-0.4, -0.2) is 38.5 Å². The molecule has 0 radical (unpaired) electrons. The zero-order valence-electron chi connectivity index (χ0n) is 16.0. The van der Waals surface area contributed by atoms with Gasteiger partial charge in [-0.2, -0.15) is 0 Å². The summed E-state index contributed by atoms with van der Waals surface area (Å²) in [5.41, 5.74) is 0.709. The minimum absolute atomic E-state index is 0.0567. The SMILES string of the molecule is CC(=O)c1ccc(NC(=O)CSc2nnc(NC(=O)c3ccccc3[N+](=O)[O-])s2)cc1. The fourth-order valence-electron chi connectivity index (χ4n) is 2.42. The molecular weight excluding hydrogens is 442 g/mol. The van der Waals surface area contributed by atoms with E-state index < -0.39 is 10.8 Å². The fourth-order valence-corrected chi connectivity index (χ4v) is 3.97. The van der Waals surface area contributed by atoms with E-state index in [1.807, 2.05) is 0 Å². The first-order valence-electron chi connectivity index (χ1n) is 8.75. The molecule has 158 valence electrons. The van der Waals surface area contributed by atoms with Crippen molar-refractivity contribution < 1.29 is 19.3 Å².